The Morgan fingerprint density at radius 3 is 1.41 bits per heavy atom. The molecule has 0 aromatic carbocycles. The van der Waals surface area contributed by atoms with Gasteiger partial charge in [-0.3, -0.25) is 43.8 Å². The monoisotopic (exact) mass is 937 g/mol. The van der Waals surface area contributed by atoms with Gasteiger partial charge in [0, 0.05) is 55.4 Å². The minimum absolute atomic E-state index is 0.507. The van der Waals surface area contributed by atoms with Crippen LogP contribution in [0.3, 0.4) is 0 Å². The number of hydrogen-bond donors (Lipinski definition) is 1. The van der Waals surface area contributed by atoms with Crippen LogP contribution in [0.2, 0.25) is 0 Å². The summed E-state index contributed by atoms with van der Waals surface area (Å²) < 4.78 is 77.1. The molecular formula is C35H46Cl3NO22. The predicted octanol–water partition coefficient (Wildman–Crippen LogP) is 1.03. The fourth-order valence-corrected chi connectivity index (χ4v) is 6.48. The molecule has 3 heterocycles. The van der Waals surface area contributed by atoms with Crippen molar-refractivity contribution in [2.24, 2.45) is 0 Å². The SMILES string of the molecule is CC(=O)OC[C@H]1O[C@@H](O[C@@H]2[C@@H](O[C@@H]3OC[C@@H](OC(C)=O)[C@H](OC(C)=O)[C@H]3OC(C)=O)[C@H](C)O[C@@H](OC(=N)C(Cl)(Cl)Cl)[C@@H]2OC(C)=O)[C@H](OC(C)=O)[C@@H](OC(C)=O)[C@@H]1OC(C)=O. The van der Waals surface area contributed by atoms with Crippen LogP contribution >= 0.6 is 34.8 Å². The molecule has 26 heteroatoms. The van der Waals surface area contributed by atoms with Crippen LogP contribution in [-0.4, -0.2) is 157 Å². The van der Waals surface area contributed by atoms with Crippen molar-refractivity contribution in [1.29, 1.82) is 5.41 Å². The zero-order chi connectivity index (χ0) is 46.1. The molecule has 0 amide bonds. The Bertz CT molecular complexity index is 1660. The largest absolute Gasteiger partial charge is 0.463 e. The van der Waals surface area contributed by atoms with Crippen molar-refractivity contribution in [2.75, 3.05) is 13.2 Å². The standard InChI is InChI=1S/C35H46Cl3NO22/c1-12-23(59-31-28(55-18(7)45)25(53-16(5)43)21(11-49-31)51-14(3)41)26(29(56-19(8)46)32(50-12)61-34(39)35(36,37)38)60-33-30(57-20(9)47)27(54-17(6)44)24(52-15(4)42)22(58-33)10-48-13(2)40/h12,21-33,39H,10-11H2,1-9H3/t12-,21+,22+,23-,24+,25-,26+,27-,28+,29+,30+,31-,32-,33-/m0/s1. The lowest BCUT2D eigenvalue weighted by atomic mass is 9.96. The molecule has 0 aromatic heterocycles. The van der Waals surface area contributed by atoms with Crippen LogP contribution in [0, 0.1) is 5.41 Å². The van der Waals surface area contributed by atoms with Crippen LogP contribution in [0.15, 0.2) is 0 Å². The second kappa shape index (κ2) is 22.3. The van der Waals surface area contributed by atoms with Crippen molar-refractivity contribution >= 4 is 88.5 Å². The Morgan fingerprint density at radius 2 is 0.934 bits per heavy atom. The third-order valence-corrected chi connectivity index (χ3v) is 8.87. The van der Waals surface area contributed by atoms with Gasteiger partial charge in [0.25, 0.3) is 3.79 Å². The smallest absolute Gasteiger partial charge is 0.303 e. The summed E-state index contributed by atoms with van der Waals surface area (Å²) in [6, 6.07) is 0. The molecule has 3 fully saturated rings. The normalized spacial score (nSPS) is 32.5. The Balaban J connectivity index is 2.27. The van der Waals surface area contributed by atoms with E-state index in [2.05, 4.69) is 0 Å². The number of rotatable bonds is 14. The van der Waals surface area contributed by atoms with E-state index >= 15 is 0 Å². The minimum Gasteiger partial charge on any atom is -0.463 e. The summed E-state index contributed by atoms with van der Waals surface area (Å²) in [5.74, 6) is -8.37. The van der Waals surface area contributed by atoms with Crippen molar-refractivity contribution in [3.05, 3.63) is 0 Å². The molecule has 3 aliphatic heterocycles. The lowest BCUT2D eigenvalue weighted by Gasteiger charge is -2.50. The van der Waals surface area contributed by atoms with Gasteiger partial charge in [-0.1, -0.05) is 34.8 Å². The highest BCUT2D eigenvalue weighted by molar-refractivity contribution is 6.76. The van der Waals surface area contributed by atoms with E-state index in [1.807, 2.05) is 0 Å². The summed E-state index contributed by atoms with van der Waals surface area (Å²) in [5, 5.41) is 8.24. The molecule has 3 rings (SSSR count). The fourth-order valence-electron chi connectivity index (χ4n) is 6.34. The van der Waals surface area contributed by atoms with E-state index in [-0.39, 0.29) is 0 Å². The molecule has 0 radical (unpaired) electrons. The van der Waals surface area contributed by atoms with Crippen LogP contribution in [-0.2, 0) is 105 Å². The molecule has 0 unspecified atom stereocenters. The number of esters is 8. The van der Waals surface area contributed by atoms with Gasteiger partial charge in [-0.15, -0.1) is 0 Å². The topological polar surface area (TPSA) is 290 Å². The molecular weight excluding hydrogens is 893 g/mol. The van der Waals surface area contributed by atoms with Crippen molar-refractivity contribution in [1.82, 2.24) is 0 Å². The Morgan fingerprint density at radius 1 is 0.508 bits per heavy atom. The molecule has 23 nitrogen and oxygen atoms in total. The Kier molecular flexibility index (Phi) is 18.7. The average molecular weight is 939 g/mol. The van der Waals surface area contributed by atoms with Gasteiger partial charge in [-0.25, -0.2) is 0 Å². The summed E-state index contributed by atoms with van der Waals surface area (Å²) in [6.07, 6.45) is -23.5. The van der Waals surface area contributed by atoms with Gasteiger partial charge in [-0.2, -0.15) is 0 Å². The first-order valence-corrected chi connectivity index (χ1v) is 19.3. The van der Waals surface area contributed by atoms with E-state index in [0.29, 0.717) is 0 Å². The molecule has 0 aliphatic carbocycles. The third-order valence-electron chi connectivity index (χ3n) is 8.36. The van der Waals surface area contributed by atoms with E-state index in [1.165, 1.54) is 6.92 Å². The number of halogens is 3. The summed E-state index contributed by atoms with van der Waals surface area (Å²) in [6.45, 7) is 8.31. The second-order valence-corrected chi connectivity index (χ2v) is 15.8. The molecule has 0 spiro atoms. The molecule has 3 aliphatic rings. The first kappa shape index (κ1) is 51.3. The molecule has 0 bridgehead atoms. The van der Waals surface area contributed by atoms with Gasteiger partial charge < -0.3 is 66.3 Å². The first-order chi connectivity index (χ1) is 28.3. The van der Waals surface area contributed by atoms with Gasteiger partial charge in [0.2, 0.25) is 12.2 Å². The number of carbonyl (C=O) groups excluding carboxylic acids is 8. The molecule has 61 heavy (non-hydrogen) atoms. The van der Waals surface area contributed by atoms with Crippen LogP contribution in [0.4, 0.5) is 0 Å². The summed E-state index contributed by atoms with van der Waals surface area (Å²) in [4.78, 5) is 98.8. The van der Waals surface area contributed by atoms with Gasteiger partial charge >= 0.3 is 47.8 Å². The van der Waals surface area contributed by atoms with Gasteiger partial charge in [-0.05, 0) is 6.92 Å². The van der Waals surface area contributed by atoms with Crippen LogP contribution < -0.4 is 0 Å². The number of carbonyl (C=O) groups is 8. The molecule has 1 N–H and O–H groups in total. The van der Waals surface area contributed by atoms with Crippen LogP contribution in [0.25, 0.3) is 0 Å². The summed E-state index contributed by atoms with van der Waals surface area (Å²) in [5.41, 5.74) is 0. The van der Waals surface area contributed by atoms with E-state index in [9.17, 15) is 38.4 Å². The highest BCUT2D eigenvalue weighted by Gasteiger charge is 2.59. The summed E-state index contributed by atoms with van der Waals surface area (Å²) in [7, 11) is 0. The van der Waals surface area contributed by atoms with Crippen LogP contribution in [0.5, 0.6) is 0 Å². The predicted molar refractivity (Wildman–Crippen MR) is 197 cm³/mol. The number of ether oxygens (including phenoxy) is 14. The lowest BCUT2D eigenvalue weighted by molar-refractivity contribution is -0.374. The number of hydrogen-bond acceptors (Lipinski definition) is 23. The Hall–Kier alpha value is -4.10. The van der Waals surface area contributed by atoms with Gasteiger partial charge in [0.05, 0.1) is 12.7 Å². The van der Waals surface area contributed by atoms with Crippen LogP contribution in [0.1, 0.15) is 62.3 Å². The highest BCUT2D eigenvalue weighted by atomic mass is 35.6. The Labute approximate surface area is 363 Å². The molecule has 344 valence electrons. The number of alkyl halides is 3. The van der Waals surface area contributed by atoms with E-state index < -0.39 is 157 Å². The second-order valence-electron chi connectivity index (χ2n) is 13.5. The maximum Gasteiger partial charge on any atom is 0.303 e. The maximum absolute atomic E-state index is 12.7. The molecule has 0 aromatic rings. The fraction of sp³-hybridized carbons (Fsp3) is 0.743. The average Bonchev–Trinajstić information content (AvgIpc) is 3.09. The van der Waals surface area contributed by atoms with E-state index in [1.54, 1.807) is 0 Å². The van der Waals surface area contributed by atoms with Crippen molar-refractivity contribution < 1.29 is 105 Å². The number of nitrogens with one attached hydrogen (secondary N) is 1. The van der Waals surface area contributed by atoms with Crippen molar-refractivity contribution in [3.8, 4) is 0 Å². The van der Waals surface area contributed by atoms with Crippen molar-refractivity contribution in [2.45, 2.75) is 152 Å². The maximum atomic E-state index is 12.7. The zero-order valence-electron chi connectivity index (χ0n) is 34.1. The van der Waals surface area contributed by atoms with E-state index in [0.717, 1.165) is 55.4 Å². The lowest BCUT2D eigenvalue weighted by Crippen LogP contribution is -2.68. The van der Waals surface area contributed by atoms with E-state index in [4.69, 9.17) is 107 Å². The highest BCUT2D eigenvalue weighted by Crippen LogP contribution is 2.38. The quantitative estimate of drug-likeness (QED) is 0.0836. The minimum atomic E-state index is -2.49. The van der Waals surface area contributed by atoms with Crippen molar-refractivity contribution in [3.63, 3.8) is 0 Å². The molecule has 14 atom stereocenters. The zero-order valence-corrected chi connectivity index (χ0v) is 36.4. The third kappa shape index (κ3) is 15.0. The van der Waals surface area contributed by atoms with Gasteiger partial charge in [0.15, 0.2) is 55.3 Å². The molecule has 0 saturated carbocycles. The first-order valence-electron chi connectivity index (χ1n) is 18.2. The van der Waals surface area contributed by atoms with Gasteiger partial charge in [0.1, 0.15) is 24.9 Å². The summed E-state index contributed by atoms with van der Waals surface area (Å²) >= 11 is 17.7. The molecule has 3 saturated heterocycles.